The first-order valence-corrected chi connectivity index (χ1v) is 23.8. The van der Waals surface area contributed by atoms with Gasteiger partial charge in [0, 0.05) is 34.5 Å². The van der Waals surface area contributed by atoms with Crippen molar-refractivity contribution >= 4 is 70.0 Å². The van der Waals surface area contributed by atoms with Gasteiger partial charge < -0.3 is 66.4 Å². The number of fused-ring (bicyclic) bond motifs is 2. The highest BCUT2D eigenvalue weighted by Crippen LogP contribution is 2.57. The Morgan fingerprint density at radius 3 is 1.91 bits per heavy atom. The minimum atomic E-state index is -4.29. The molecule has 16 atom stereocenters. The van der Waals surface area contributed by atoms with Gasteiger partial charge in [-0.3, -0.25) is 9.13 Å². The second-order valence-electron chi connectivity index (χ2n) is 15.0. The van der Waals surface area contributed by atoms with Gasteiger partial charge >= 0.3 is 0 Å². The van der Waals surface area contributed by atoms with E-state index in [2.05, 4.69) is 17.2 Å². The summed E-state index contributed by atoms with van der Waals surface area (Å²) in [7, 11) is 18.4. The van der Waals surface area contributed by atoms with Crippen LogP contribution in [0.2, 0.25) is 0 Å². The average Bonchev–Trinajstić information content (AvgIpc) is 3.74. The molecular formula is C32H56B4O16P2S2-2. The minimum Gasteiger partial charge on any atom is -0.770 e. The number of thiol groups is 1. The molecule has 5 aliphatic heterocycles. The van der Waals surface area contributed by atoms with Crippen LogP contribution >= 0.6 is 38.6 Å². The molecular weight excluding hydrogens is 810 g/mol. The van der Waals surface area contributed by atoms with E-state index in [0.717, 1.165) is 6.42 Å². The maximum absolute atomic E-state index is 12.5. The quantitative estimate of drug-likeness (QED) is 0.133. The number of hydrogen-bond donors (Lipinski definition) is 2. The predicted octanol–water partition coefficient (Wildman–Crippen LogP) is 0.880. The van der Waals surface area contributed by atoms with E-state index in [9.17, 15) is 24.0 Å². The summed E-state index contributed by atoms with van der Waals surface area (Å²) in [5.41, 5.74) is 0. The number of hydrogen-bond acceptors (Lipinski definition) is 18. The standard InChI is InChI=1S/C16H29B2O8PS.C8H14BO6P.C8H15BO2S/c1-8(2)22-6-10-12(5-13(17)25-10)28-27(20,21)23-7-11-15(24-9(3)4)14(19)16(18)26-11;1-4(2)13-6-5-3-12-16(10,11)15-7(6)8(9)14-5;1-5(2)10-4-6-7(12)3-8(9)11-6/h8-16,19H,5-7H2,1-4H3,(H,20,21);4-8H,3H2,1-2H3,(H,10,11);5-8,12H,3-4H2,1-2H3/p-2/t10-,11-,12?,13-,14-,15?,16-;5-,6?,7-,8-;6-,7?,8-/m111/s1. The molecule has 0 saturated carbocycles. The lowest BCUT2D eigenvalue weighted by molar-refractivity contribution is -0.232. The van der Waals surface area contributed by atoms with E-state index in [1.165, 1.54) is 0 Å². The van der Waals surface area contributed by atoms with Gasteiger partial charge in [0.25, 0.3) is 7.82 Å². The fourth-order valence-electron chi connectivity index (χ4n) is 6.07. The molecule has 16 nitrogen and oxygen atoms in total. The van der Waals surface area contributed by atoms with Crippen molar-refractivity contribution in [1.29, 1.82) is 0 Å². The third kappa shape index (κ3) is 17.0. The summed E-state index contributed by atoms with van der Waals surface area (Å²) in [6, 6.07) is -2.48. The van der Waals surface area contributed by atoms with Crippen LogP contribution in [0, 0.1) is 0 Å². The van der Waals surface area contributed by atoms with E-state index >= 15 is 0 Å². The summed E-state index contributed by atoms with van der Waals surface area (Å²) >= 11 is 5.04. The summed E-state index contributed by atoms with van der Waals surface area (Å²) in [6.45, 7) is 11.2. The fraction of sp³-hybridized carbons (Fsp3) is 1.00. The second-order valence-corrected chi connectivity index (χ2v) is 21.0. The van der Waals surface area contributed by atoms with E-state index in [1.54, 1.807) is 13.8 Å². The zero-order chi connectivity index (χ0) is 42.1. The molecule has 2 bridgehead atoms. The fourth-order valence-corrected chi connectivity index (χ4v) is 10.7. The lowest BCUT2D eigenvalue weighted by Gasteiger charge is -2.30. The SMILES string of the molecule is [B][C@@H]1O[C@@H]2COP(=O)([O-])O[C@@H]1C2OC(C)C.[B][C@@H]1O[C@H](COP(=O)([O-])SC2C[C@H]([B])O[C@@H]2COC(C)C)C(OC(C)C)[C@H]1O.[B][C@H]1CC(S)[C@@H](COC(C)C)O1. The van der Waals surface area contributed by atoms with Crippen LogP contribution in [0.25, 0.3) is 0 Å². The van der Waals surface area contributed by atoms with Gasteiger partial charge in [-0.25, -0.2) is 0 Å². The van der Waals surface area contributed by atoms with Crippen LogP contribution in [0.1, 0.15) is 68.2 Å². The van der Waals surface area contributed by atoms with Gasteiger partial charge in [-0.1, -0.05) is 11.4 Å². The number of aliphatic hydroxyl groups is 1. The molecule has 6 unspecified atom stereocenters. The number of phosphoric ester groups is 1. The number of aliphatic hydroxyl groups excluding tert-OH is 1. The molecule has 0 aromatic heterocycles. The van der Waals surface area contributed by atoms with Crippen molar-refractivity contribution in [3.05, 3.63) is 0 Å². The Bertz CT molecular complexity index is 1270. The molecule has 5 heterocycles. The van der Waals surface area contributed by atoms with Crippen LogP contribution in [0.5, 0.6) is 0 Å². The summed E-state index contributed by atoms with van der Waals surface area (Å²) in [5, 5.41) is 9.89. The molecule has 1 N–H and O–H groups in total. The van der Waals surface area contributed by atoms with Crippen molar-refractivity contribution in [1.82, 2.24) is 0 Å². The Kier molecular flexibility index (Phi) is 21.3. The normalized spacial score (nSPS) is 40.7. The average molecular weight is 866 g/mol. The van der Waals surface area contributed by atoms with Crippen LogP contribution in [0.15, 0.2) is 0 Å². The molecule has 8 radical (unpaired) electrons. The highest BCUT2D eigenvalue weighted by Gasteiger charge is 2.49. The molecule has 0 aromatic rings. The van der Waals surface area contributed by atoms with Crippen LogP contribution in [-0.2, 0) is 60.6 Å². The van der Waals surface area contributed by atoms with Crippen molar-refractivity contribution in [3.8, 4) is 0 Å². The van der Waals surface area contributed by atoms with Crippen molar-refractivity contribution in [2.24, 2.45) is 0 Å². The molecule has 0 aliphatic carbocycles. The van der Waals surface area contributed by atoms with Gasteiger partial charge in [0.2, 0.25) is 0 Å². The highest BCUT2D eigenvalue weighted by molar-refractivity contribution is 8.54. The van der Waals surface area contributed by atoms with Crippen LogP contribution in [0.3, 0.4) is 0 Å². The molecule has 0 amide bonds. The number of ether oxygens (including phenoxy) is 8. The Morgan fingerprint density at radius 1 is 0.804 bits per heavy atom. The minimum absolute atomic E-state index is 0.00516. The third-order valence-corrected chi connectivity index (χ3v) is 13.5. The van der Waals surface area contributed by atoms with Gasteiger partial charge in [-0.2, -0.15) is 12.6 Å². The Morgan fingerprint density at radius 2 is 1.36 bits per heavy atom. The topological polar surface area (TPSA) is 202 Å². The molecule has 56 heavy (non-hydrogen) atoms. The first-order valence-electron chi connectivity index (χ1n) is 18.8. The van der Waals surface area contributed by atoms with Crippen LogP contribution in [0.4, 0.5) is 0 Å². The zero-order valence-electron chi connectivity index (χ0n) is 33.3. The first-order chi connectivity index (χ1) is 26.0. The summed E-state index contributed by atoms with van der Waals surface area (Å²) < 4.78 is 82.1. The smallest absolute Gasteiger partial charge is 0.268 e. The molecule has 5 fully saturated rings. The van der Waals surface area contributed by atoms with Crippen molar-refractivity contribution in [2.75, 3.05) is 26.4 Å². The van der Waals surface area contributed by atoms with E-state index in [0.29, 0.717) is 24.4 Å². The second kappa shape index (κ2) is 23.3. The van der Waals surface area contributed by atoms with Crippen molar-refractivity contribution in [2.45, 2.75) is 176 Å². The van der Waals surface area contributed by atoms with Crippen LogP contribution in [-0.4, -0.2) is 171 Å². The van der Waals surface area contributed by atoms with Crippen LogP contribution < -0.4 is 9.79 Å². The van der Waals surface area contributed by atoms with Crippen molar-refractivity contribution in [3.63, 3.8) is 0 Å². The molecule has 24 heteroatoms. The molecule has 316 valence electrons. The number of phosphoric acid groups is 1. The van der Waals surface area contributed by atoms with E-state index in [4.69, 9.17) is 78.3 Å². The molecule has 5 aliphatic rings. The largest absolute Gasteiger partial charge is 0.770 e. The summed E-state index contributed by atoms with van der Waals surface area (Å²) in [4.78, 5) is 23.7. The Labute approximate surface area is 346 Å². The summed E-state index contributed by atoms with van der Waals surface area (Å²) in [6.07, 6.45) is -3.70. The molecule has 0 spiro atoms. The third-order valence-electron chi connectivity index (χ3n) is 8.55. The lowest BCUT2D eigenvalue weighted by atomic mass is 9.93. The monoisotopic (exact) mass is 866 g/mol. The van der Waals surface area contributed by atoms with Gasteiger partial charge in [0.05, 0.1) is 63.1 Å². The Hall–Kier alpha value is 0.860. The van der Waals surface area contributed by atoms with E-state index in [1.807, 2.05) is 41.5 Å². The first kappa shape index (κ1) is 51.2. The Balaban J connectivity index is 0.000000251. The molecule has 5 saturated heterocycles. The van der Waals surface area contributed by atoms with Gasteiger partial charge in [0.15, 0.2) is 6.80 Å². The van der Waals surface area contributed by atoms with Gasteiger partial charge in [0.1, 0.15) is 68.0 Å². The van der Waals surface area contributed by atoms with Gasteiger partial charge in [-0.15, -0.1) is 0 Å². The highest BCUT2D eigenvalue weighted by atomic mass is 32.7. The molecule has 5 rings (SSSR count). The number of rotatable bonds is 15. The van der Waals surface area contributed by atoms with Crippen molar-refractivity contribution < 1.29 is 75.5 Å². The van der Waals surface area contributed by atoms with E-state index in [-0.39, 0.29) is 61.6 Å². The maximum Gasteiger partial charge on any atom is 0.268 e. The zero-order valence-corrected chi connectivity index (χ0v) is 36.8. The predicted molar refractivity (Wildman–Crippen MR) is 211 cm³/mol. The lowest BCUT2D eigenvalue weighted by Crippen LogP contribution is -2.39. The summed E-state index contributed by atoms with van der Waals surface area (Å²) in [5.74, 6) is 0. The maximum atomic E-state index is 12.5. The van der Waals surface area contributed by atoms with E-state index < -0.39 is 80.6 Å². The molecule has 0 aromatic carbocycles. The van der Waals surface area contributed by atoms with Gasteiger partial charge in [-0.05, 0) is 68.2 Å².